The maximum Gasteiger partial charge on any atom is 0.216 e. The maximum atomic E-state index is 12.2. The Balaban J connectivity index is 2.68. The molecule has 0 saturated carbocycles. The van der Waals surface area contributed by atoms with Crippen LogP contribution in [0, 0.1) is 5.41 Å². The van der Waals surface area contributed by atoms with Crippen LogP contribution in [-0.4, -0.2) is 30.0 Å². The van der Waals surface area contributed by atoms with Gasteiger partial charge < -0.3 is 14.7 Å². The Bertz CT molecular complexity index is 424. The highest BCUT2D eigenvalue weighted by Gasteiger charge is 2.34. The minimum Gasteiger partial charge on any atom is -0.511 e. The molecule has 1 rings (SSSR count). The lowest BCUT2D eigenvalue weighted by Gasteiger charge is -2.29. The number of nitrogens with zero attached hydrogens (tertiary/aromatic N) is 1. The molecule has 5 heteroatoms. The van der Waals surface area contributed by atoms with Crippen molar-refractivity contribution < 1.29 is 19.5 Å². The minimum atomic E-state index is -0.201. The van der Waals surface area contributed by atoms with Crippen LogP contribution in [0.3, 0.4) is 0 Å². The normalized spacial score (nSPS) is 19.0. The summed E-state index contributed by atoms with van der Waals surface area (Å²) in [5.41, 5.74) is 0.616. The number of ketones is 1. The average Bonchev–Trinajstić information content (AvgIpc) is 2.38. The van der Waals surface area contributed by atoms with Crippen molar-refractivity contribution in [3.8, 4) is 0 Å². The van der Waals surface area contributed by atoms with Gasteiger partial charge in [-0.3, -0.25) is 4.79 Å². The predicted molar refractivity (Wildman–Crippen MR) is 82.2 cm³/mol. The summed E-state index contributed by atoms with van der Waals surface area (Å²) in [5, 5.41) is 14.1. The zero-order valence-electron chi connectivity index (χ0n) is 13.6. The van der Waals surface area contributed by atoms with Crippen LogP contribution in [0.4, 0.5) is 0 Å². The van der Waals surface area contributed by atoms with E-state index >= 15 is 0 Å². The number of rotatable bonds is 8. The van der Waals surface area contributed by atoms with Crippen molar-refractivity contribution in [2.75, 3.05) is 13.4 Å². The van der Waals surface area contributed by atoms with Crippen LogP contribution in [0.1, 0.15) is 59.8 Å². The van der Waals surface area contributed by atoms with E-state index < -0.39 is 0 Å². The molecule has 0 saturated heterocycles. The number of carbonyl (C=O) groups is 1. The molecule has 0 aromatic heterocycles. The summed E-state index contributed by atoms with van der Waals surface area (Å²) < 4.78 is 5.25. The van der Waals surface area contributed by atoms with Gasteiger partial charge in [0.05, 0.1) is 17.9 Å². The van der Waals surface area contributed by atoms with Gasteiger partial charge in [0, 0.05) is 12.8 Å². The number of aliphatic hydroxyl groups excluding tert-OH is 1. The summed E-state index contributed by atoms with van der Waals surface area (Å²) in [6.45, 7) is 8.61. The third kappa shape index (κ3) is 5.50. The number of hydrogen-bond acceptors (Lipinski definition) is 5. The second kappa shape index (κ2) is 8.17. The molecule has 0 atom stereocenters. The minimum absolute atomic E-state index is 0.0667. The van der Waals surface area contributed by atoms with Crippen molar-refractivity contribution in [1.82, 2.24) is 0 Å². The highest BCUT2D eigenvalue weighted by molar-refractivity contribution is 6.23. The molecule has 1 aliphatic carbocycles. The molecule has 0 unspecified atom stereocenters. The van der Waals surface area contributed by atoms with E-state index in [9.17, 15) is 9.90 Å². The molecule has 1 aliphatic rings. The smallest absolute Gasteiger partial charge is 0.216 e. The number of Topliss-reactive ketones (excluding diaryl/α,β-unsaturated/α-hetero) is 1. The highest BCUT2D eigenvalue weighted by Crippen LogP contribution is 2.36. The Hall–Kier alpha value is -1.36. The summed E-state index contributed by atoms with van der Waals surface area (Å²) in [4.78, 5) is 17.3. The van der Waals surface area contributed by atoms with Gasteiger partial charge in [-0.25, -0.2) is 0 Å². The summed E-state index contributed by atoms with van der Waals surface area (Å²) in [5.74, 6) is 0.0483. The first-order chi connectivity index (χ1) is 9.91. The monoisotopic (exact) mass is 297 g/mol. The van der Waals surface area contributed by atoms with Gasteiger partial charge in [-0.2, -0.15) is 0 Å². The molecule has 5 nitrogen and oxygen atoms in total. The first kappa shape index (κ1) is 17.7. The fraction of sp³-hybridized carbons (Fsp3) is 0.750. The van der Waals surface area contributed by atoms with Crippen LogP contribution in [0.25, 0.3) is 0 Å². The molecule has 0 bridgehead atoms. The molecule has 0 aliphatic heterocycles. The van der Waals surface area contributed by atoms with E-state index in [1.54, 1.807) is 0 Å². The molecule has 21 heavy (non-hydrogen) atoms. The van der Waals surface area contributed by atoms with E-state index in [1.807, 2.05) is 20.8 Å². The van der Waals surface area contributed by atoms with Crippen molar-refractivity contribution in [1.29, 1.82) is 0 Å². The van der Waals surface area contributed by atoms with Crippen LogP contribution >= 0.6 is 0 Å². The number of unbranched alkanes of at least 4 members (excludes halogenated alkanes) is 1. The highest BCUT2D eigenvalue weighted by atomic mass is 16.7. The molecular formula is C16H27NO4. The number of allylic oxidation sites excluding steroid dienone is 2. The van der Waals surface area contributed by atoms with Crippen LogP contribution in [0.2, 0.25) is 0 Å². The van der Waals surface area contributed by atoms with E-state index in [4.69, 9.17) is 9.57 Å². The van der Waals surface area contributed by atoms with Crippen LogP contribution in [0.15, 0.2) is 16.5 Å². The van der Waals surface area contributed by atoms with Gasteiger partial charge in [0.25, 0.3) is 0 Å². The van der Waals surface area contributed by atoms with Crippen molar-refractivity contribution in [2.24, 2.45) is 10.6 Å². The van der Waals surface area contributed by atoms with Gasteiger partial charge >= 0.3 is 0 Å². The van der Waals surface area contributed by atoms with E-state index in [2.05, 4.69) is 12.1 Å². The number of carbonyl (C=O) groups excluding carboxylic acids is 1. The third-order valence-electron chi connectivity index (χ3n) is 3.43. The quantitative estimate of drug-likeness (QED) is 0.321. The maximum absolute atomic E-state index is 12.2. The fourth-order valence-corrected chi connectivity index (χ4v) is 2.35. The van der Waals surface area contributed by atoms with Crippen molar-refractivity contribution >= 4 is 11.5 Å². The lowest BCUT2D eigenvalue weighted by atomic mass is 9.75. The zero-order chi connectivity index (χ0) is 15.9. The van der Waals surface area contributed by atoms with E-state index in [-0.39, 0.29) is 23.8 Å². The van der Waals surface area contributed by atoms with Crippen LogP contribution in [-0.2, 0) is 14.4 Å². The molecule has 120 valence electrons. The second-order valence-corrected chi connectivity index (χ2v) is 6.16. The largest absolute Gasteiger partial charge is 0.511 e. The average molecular weight is 297 g/mol. The van der Waals surface area contributed by atoms with Crippen molar-refractivity contribution in [3.05, 3.63) is 11.3 Å². The first-order valence-corrected chi connectivity index (χ1v) is 7.63. The van der Waals surface area contributed by atoms with Gasteiger partial charge in [0.15, 0.2) is 5.78 Å². The number of hydrogen-bond donors (Lipinski definition) is 1. The third-order valence-corrected chi connectivity index (χ3v) is 3.43. The van der Waals surface area contributed by atoms with E-state index in [1.165, 1.54) is 0 Å². The Labute approximate surface area is 127 Å². The Kier molecular flexibility index (Phi) is 6.89. The second-order valence-electron chi connectivity index (χ2n) is 6.16. The van der Waals surface area contributed by atoms with Crippen LogP contribution < -0.4 is 0 Å². The summed E-state index contributed by atoms with van der Waals surface area (Å²) in [7, 11) is 0. The van der Waals surface area contributed by atoms with Gasteiger partial charge in [0.2, 0.25) is 6.79 Å². The van der Waals surface area contributed by atoms with Crippen LogP contribution in [0.5, 0.6) is 0 Å². The zero-order valence-corrected chi connectivity index (χ0v) is 13.6. The lowest BCUT2D eigenvalue weighted by molar-refractivity contribution is -0.118. The standard InChI is InChI=1S/C16H27NO4/c1-5-7-8-20-11-21-17-12(6-2)15-13(18)9-16(3,4)10-14(15)19/h18H,5-11H2,1-4H3/b17-12+. The molecule has 0 spiro atoms. The summed E-state index contributed by atoms with van der Waals surface area (Å²) in [6.07, 6.45) is 3.47. The van der Waals surface area contributed by atoms with E-state index in [0.29, 0.717) is 37.2 Å². The molecule has 0 aromatic carbocycles. The summed E-state index contributed by atoms with van der Waals surface area (Å²) >= 11 is 0. The number of ether oxygens (including phenoxy) is 1. The van der Waals surface area contributed by atoms with Gasteiger partial charge in [-0.15, -0.1) is 0 Å². The molecule has 0 heterocycles. The molecule has 1 N–H and O–H groups in total. The van der Waals surface area contributed by atoms with Gasteiger partial charge in [0.1, 0.15) is 5.76 Å². The van der Waals surface area contributed by atoms with Crippen molar-refractivity contribution in [3.63, 3.8) is 0 Å². The topological polar surface area (TPSA) is 68.1 Å². The Morgan fingerprint density at radius 2 is 2.05 bits per heavy atom. The van der Waals surface area contributed by atoms with E-state index in [0.717, 1.165) is 12.8 Å². The fourth-order valence-electron chi connectivity index (χ4n) is 2.35. The SMILES string of the molecule is CCCCOCO/N=C(\CC)C1=C(O)CC(C)(C)CC1=O. The van der Waals surface area contributed by atoms with Gasteiger partial charge in [-0.1, -0.05) is 39.3 Å². The Morgan fingerprint density at radius 3 is 2.62 bits per heavy atom. The predicted octanol–water partition coefficient (Wildman–Crippen LogP) is 3.74. The molecule has 0 amide bonds. The number of aliphatic hydroxyl groups is 1. The molecule has 0 radical (unpaired) electrons. The first-order valence-electron chi connectivity index (χ1n) is 7.63. The molecular weight excluding hydrogens is 270 g/mol. The Morgan fingerprint density at radius 1 is 1.33 bits per heavy atom. The van der Waals surface area contributed by atoms with Crippen molar-refractivity contribution in [2.45, 2.75) is 59.8 Å². The lowest BCUT2D eigenvalue weighted by Crippen LogP contribution is -2.29. The summed E-state index contributed by atoms with van der Waals surface area (Å²) in [6, 6.07) is 0. The molecule has 0 aromatic rings. The molecule has 0 fully saturated rings. The number of oxime groups is 1. The van der Waals surface area contributed by atoms with Gasteiger partial charge in [-0.05, 0) is 18.3 Å².